The molecular weight excluding hydrogens is 384 g/mol. The Balaban J connectivity index is 1.96. The molecule has 2 heterocycles. The van der Waals surface area contributed by atoms with Gasteiger partial charge in [0.1, 0.15) is 0 Å². The number of thioether (sulfide) groups is 1. The van der Waals surface area contributed by atoms with Crippen LogP contribution in [0.2, 0.25) is 5.02 Å². The maximum absolute atomic E-state index is 13.0. The molecule has 0 aliphatic rings. The van der Waals surface area contributed by atoms with Crippen LogP contribution in [0.3, 0.4) is 0 Å². The second-order valence-electron chi connectivity index (χ2n) is 6.80. The van der Waals surface area contributed by atoms with Crippen LogP contribution in [-0.4, -0.2) is 29.8 Å². The highest BCUT2D eigenvalue weighted by Crippen LogP contribution is 2.23. The fourth-order valence-corrected chi connectivity index (χ4v) is 3.83. The van der Waals surface area contributed by atoms with E-state index in [1.165, 1.54) is 11.8 Å². The molecule has 7 nitrogen and oxygen atoms in total. The first-order valence-electron chi connectivity index (χ1n) is 9.07. The maximum atomic E-state index is 13.0. The highest BCUT2D eigenvalue weighted by atomic mass is 35.5. The van der Waals surface area contributed by atoms with Gasteiger partial charge in [0.2, 0.25) is 0 Å². The zero-order valence-electron chi connectivity index (χ0n) is 15.7. The predicted molar refractivity (Wildman–Crippen MR) is 108 cm³/mol. The molecule has 27 heavy (non-hydrogen) atoms. The second kappa shape index (κ2) is 8.84. The van der Waals surface area contributed by atoms with Gasteiger partial charge >= 0.3 is 0 Å². The van der Waals surface area contributed by atoms with Crippen molar-refractivity contribution in [3.63, 3.8) is 0 Å². The van der Waals surface area contributed by atoms with Gasteiger partial charge in [-0.05, 0) is 47.4 Å². The number of fused-ring (bicyclic) bond motifs is 1. The van der Waals surface area contributed by atoms with Crippen LogP contribution in [-0.2, 0) is 18.8 Å². The molecule has 0 saturated heterocycles. The minimum absolute atomic E-state index is 0.0343. The van der Waals surface area contributed by atoms with Gasteiger partial charge in [-0.2, -0.15) is 0 Å². The molecule has 3 aromatic rings. The number of aromatic nitrogens is 6. The van der Waals surface area contributed by atoms with E-state index >= 15 is 0 Å². The third-order valence-corrected chi connectivity index (χ3v) is 5.39. The Morgan fingerprint density at radius 3 is 2.81 bits per heavy atom. The van der Waals surface area contributed by atoms with E-state index in [2.05, 4.69) is 36.3 Å². The van der Waals surface area contributed by atoms with Crippen molar-refractivity contribution in [1.82, 2.24) is 29.8 Å². The van der Waals surface area contributed by atoms with Crippen molar-refractivity contribution in [2.24, 2.45) is 5.92 Å². The number of tetrazole rings is 1. The lowest BCUT2D eigenvalue weighted by Crippen LogP contribution is -2.24. The summed E-state index contributed by atoms with van der Waals surface area (Å²) in [7, 11) is 0. The maximum Gasteiger partial charge on any atom is 0.262 e. The van der Waals surface area contributed by atoms with Crippen molar-refractivity contribution in [1.29, 1.82) is 0 Å². The van der Waals surface area contributed by atoms with E-state index in [0.717, 1.165) is 25.2 Å². The van der Waals surface area contributed by atoms with Crippen LogP contribution < -0.4 is 5.56 Å². The van der Waals surface area contributed by atoms with Crippen LogP contribution in [0.25, 0.3) is 10.9 Å². The average molecular weight is 407 g/mol. The van der Waals surface area contributed by atoms with E-state index in [-0.39, 0.29) is 5.56 Å². The van der Waals surface area contributed by atoms with Gasteiger partial charge < -0.3 is 0 Å². The zero-order chi connectivity index (χ0) is 19.4. The molecule has 144 valence electrons. The zero-order valence-corrected chi connectivity index (χ0v) is 17.3. The largest absolute Gasteiger partial charge is 0.287 e. The minimum atomic E-state index is -0.0343. The highest BCUT2D eigenvalue weighted by Gasteiger charge is 2.14. The number of hydrogen-bond donors (Lipinski definition) is 0. The molecule has 0 unspecified atom stereocenters. The predicted octanol–water partition coefficient (Wildman–Crippen LogP) is 3.78. The lowest BCUT2D eigenvalue weighted by atomic mass is 10.1. The van der Waals surface area contributed by atoms with E-state index in [1.54, 1.807) is 27.4 Å². The van der Waals surface area contributed by atoms with Crippen LogP contribution in [0.5, 0.6) is 0 Å². The lowest BCUT2D eigenvalue weighted by molar-refractivity contribution is 0.480. The summed E-state index contributed by atoms with van der Waals surface area (Å²) in [5, 5.41) is 13.7. The number of halogens is 1. The topological polar surface area (TPSA) is 78.5 Å². The Kier molecular flexibility index (Phi) is 6.49. The van der Waals surface area contributed by atoms with Crippen molar-refractivity contribution >= 4 is 34.3 Å². The standard InChI is InChI=1S/C18H23ClN6OS/c1-4-8-25-16(21-22-23-25)11-27-18-20-15-10-13(19)5-6-14(15)17(26)24(18)9-7-12(2)3/h5-6,10,12H,4,7-9,11H2,1-3H3. The fourth-order valence-electron chi connectivity index (χ4n) is 2.71. The molecule has 0 amide bonds. The Hall–Kier alpha value is -1.93. The second-order valence-corrected chi connectivity index (χ2v) is 8.18. The number of nitrogens with zero attached hydrogens (tertiary/aromatic N) is 6. The Morgan fingerprint density at radius 1 is 1.26 bits per heavy atom. The molecule has 1 aromatic carbocycles. The summed E-state index contributed by atoms with van der Waals surface area (Å²) >= 11 is 7.57. The average Bonchev–Trinajstić information content (AvgIpc) is 3.06. The van der Waals surface area contributed by atoms with Crippen LogP contribution in [0.1, 0.15) is 39.4 Å². The summed E-state index contributed by atoms with van der Waals surface area (Å²) < 4.78 is 3.55. The van der Waals surface area contributed by atoms with Crippen LogP contribution >= 0.6 is 23.4 Å². The van der Waals surface area contributed by atoms with Gasteiger partial charge in [-0.1, -0.05) is 44.1 Å². The molecule has 0 radical (unpaired) electrons. The molecular formula is C18H23ClN6OS. The normalized spacial score (nSPS) is 11.6. The molecule has 0 N–H and O–H groups in total. The van der Waals surface area contributed by atoms with Gasteiger partial charge in [-0.25, -0.2) is 9.67 Å². The summed E-state index contributed by atoms with van der Waals surface area (Å²) in [6.07, 6.45) is 1.86. The fraction of sp³-hybridized carbons (Fsp3) is 0.500. The number of hydrogen-bond acceptors (Lipinski definition) is 6. The molecule has 0 saturated carbocycles. The van der Waals surface area contributed by atoms with Gasteiger partial charge in [0.05, 0.1) is 16.7 Å². The molecule has 0 aliphatic heterocycles. The summed E-state index contributed by atoms with van der Waals surface area (Å²) in [6, 6.07) is 5.21. The van der Waals surface area contributed by atoms with Gasteiger partial charge in [-0.15, -0.1) is 5.10 Å². The van der Waals surface area contributed by atoms with Gasteiger partial charge in [0.15, 0.2) is 11.0 Å². The molecule has 9 heteroatoms. The monoisotopic (exact) mass is 406 g/mol. The van der Waals surface area contributed by atoms with E-state index in [9.17, 15) is 4.79 Å². The van der Waals surface area contributed by atoms with Gasteiger partial charge in [0, 0.05) is 18.1 Å². The summed E-state index contributed by atoms with van der Waals surface area (Å²) in [5.41, 5.74) is 0.580. The van der Waals surface area contributed by atoms with Crippen molar-refractivity contribution in [3.8, 4) is 0 Å². The lowest BCUT2D eigenvalue weighted by Gasteiger charge is -2.14. The molecule has 2 aromatic heterocycles. The molecule has 0 fully saturated rings. The Labute approximate surface area is 167 Å². The van der Waals surface area contributed by atoms with Crippen molar-refractivity contribution in [2.45, 2.75) is 57.6 Å². The first-order chi connectivity index (χ1) is 13.0. The van der Waals surface area contributed by atoms with Gasteiger partial charge in [-0.3, -0.25) is 9.36 Å². The van der Waals surface area contributed by atoms with E-state index in [1.807, 2.05) is 0 Å². The van der Waals surface area contributed by atoms with Crippen molar-refractivity contribution in [2.75, 3.05) is 0 Å². The minimum Gasteiger partial charge on any atom is -0.287 e. The van der Waals surface area contributed by atoms with Crippen molar-refractivity contribution < 1.29 is 0 Å². The highest BCUT2D eigenvalue weighted by molar-refractivity contribution is 7.98. The van der Waals surface area contributed by atoms with Crippen LogP contribution in [0.15, 0.2) is 28.2 Å². The van der Waals surface area contributed by atoms with Crippen LogP contribution in [0.4, 0.5) is 0 Å². The molecule has 0 spiro atoms. The molecule has 3 rings (SSSR count). The summed E-state index contributed by atoms with van der Waals surface area (Å²) in [5.74, 6) is 1.82. The first-order valence-corrected chi connectivity index (χ1v) is 10.4. The third-order valence-electron chi connectivity index (χ3n) is 4.18. The molecule has 0 bridgehead atoms. The van der Waals surface area contributed by atoms with E-state index < -0.39 is 0 Å². The number of rotatable bonds is 8. The summed E-state index contributed by atoms with van der Waals surface area (Å²) in [6.45, 7) is 7.76. The molecule has 0 aliphatic carbocycles. The Bertz CT molecular complexity index is 984. The number of aryl methyl sites for hydroxylation is 1. The van der Waals surface area contributed by atoms with E-state index in [4.69, 9.17) is 16.6 Å². The SMILES string of the molecule is CCCn1nnnc1CSc1nc2cc(Cl)ccc2c(=O)n1CCC(C)C. The summed E-state index contributed by atoms with van der Waals surface area (Å²) in [4.78, 5) is 17.7. The van der Waals surface area contributed by atoms with Crippen LogP contribution in [0, 0.1) is 5.92 Å². The number of benzene rings is 1. The van der Waals surface area contributed by atoms with Crippen molar-refractivity contribution in [3.05, 3.63) is 39.4 Å². The first kappa shape index (κ1) is 19.8. The third kappa shape index (κ3) is 4.68. The molecule has 0 atom stereocenters. The quantitative estimate of drug-likeness (QED) is 0.418. The van der Waals surface area contributed by atoms with Gasteiger partial charge in [0.25, 0.3) is 5.56 Å². The smallest absolute Gasteiger partial charge is 0.262 e. The van der Waals surface area contributed by atoms with E-state index in [0.29, 0.717) is 39.3 Å². The Morgan fingerprint density at radius 2 is 2.07 bits per heavy atom.